The lowest BCUT2D eigenvalue weighted by molar-refractivity contribution is -0.158. The third-order valence-electron chi connectivity index (χ3n) is 3.40. The van der Waals surface area contributed by atoms with Crippen LogP contribution in [-0.2, 0) is 4.79 Å². The van der Waals surface area contributed by atoms with Crippen molar-refractivity contribution in [2.24, 2.45) is 10.8 Å². The lowest BCUT2D eigenvalue weighted by atomic mass is 9.63. The molecule has 1 aliphatic heterocycles. The molecule has 74 valence electrons. The number of hydrogen-bond donors (Lipinski definition) is 0. The van der Waals surface area contributed by atoms with Gasteiger partial charge in [0.1, 0.15) is 0 Å². The molecule has 0 aromatic rings. The highest BCUT2D eigenvalue weighted by Crippen LogP contribution is 2.48. The van der Waals surface area contributed by atoms with Crippen LogP contribution in [0, 0.1) is 10.8 Å². The van der Waals surface area contributed by atoms with Crippen LogP contribution in [0.4, 0.5) is 0 Å². The van der Waals surface area contributed by atoms with Crippen molar-refractivity contribution < 1.29 is 4.79 Å². The number of carbonyl (C=O) groups is 1. The zero-order valence-corrected chi connectivity index (χ0v) is 8.89. The average molecular weight is 181 g/mol. The van der Waals surface area contributed by atoms with Crippen molar-refractivity contribution in [3.8, 4) is 0 Å². The van der Waals surface area contributed by atoms with E-state index in [1.54, 1.807) is 0 Å². The van der Waals surface area contributed by atoms with Gasteiger partial charge in [0.2, 0.25) is 5.91 Å². The molecular weight excluding hydrogens is 162 g/mol. The molecule has 1 aliphatic carbocycles. The summed E-state index contributed by atoms with van der Waals surface area (Å²) in [6, 6.07) is 0. The van der Waals surface area contributed by atoms with Crippen LogP contribution in [-0.4, -0.2) is 23.9 Å². The van der Waals surface area contributed by atoms with E-state index in [0.29, 0.717) is 11.3 Å². The van der Waals surface area contributed by atoms with Crippen molar-refractivity contribution in [3.05, 3.63) is 0 Å². The maximum Gasteiger partial charge on any atom is 0.227 e. The van der Waals surface area contributed by atoms with Gasteiger partial charge in [-0.2, -0.15) is 0 Å². The van der Waals surface area contributed by atoms with Crippen LogP contribution in [0.15, 0.2) is 0 Å². The summed E-state index contributed by atoms with van der Waals surface area (Å²) in [5.74, 6) is 0.324. The first-order valence-corrected chi connectivity index (χ1v) is 5.22. The van der Waals surface area contributed by atoms with Crippen LogP contribution in [0.25, 0.3) is 0 Å². The number of amides is 1. The van der Waals surface area contributed by atoms with E-state index in [0.717, 1.165) is 13.1 Å². The summed E-state index contributed by atoms with van der Waals surface area (Å²) >= 11 is 0. The predicted octanol–water partition coefficient (Wildman–Crippen LogP) is 2.04. The maximum atomic E-state index is 11.8. The molecule has 2 aliphatic rings. The third kappa shape index (κ3) is 1.36. The van der Waals surface area contributed by atoms with Crippen LogP contribution in [0.5, 0.6) is 0 Å². The van der Waals surface area contributed by atoms with Gasteiger partial charge < -0.3 is 4.90 Å². The Kier molecular flexibility index (Phi) is 1.73. The molecular formula is C11H19NO. The molecule has 2 fully saturated rings. The molecule has 13 heavy (non-hydrogen) atoms. The SMILES string of the molecule is CC(C)(C)C(=O)N1CC2(CCC2)C1. The average Bonchev–Trinajstić information content (AvgIpc) is 1.78. The topological polar surface area (TPSA) is 20.3 Å². The minimum atomic E-state index is -0.189. The lowest BCUT2D eigenvalue weighted by Gasteiger charge is -2.57. The molecule has 0 aromatic carbocycles. The van der Waals surface area contributed by atoms with E-state index in [1.807, 2.05) is 25.7 Å². The van der Waals surface area contributed by atoms with Crippen LogP contribution in [0.1, 0.15) is 40.0 Å². The molecule has 0 aromatic heterocycles. The van der Waals surface area contributed by atoms with E-state index in [1.165, 1.54) is 19.3 Å². The van der Waals surface area contributed by atoms with E-state index < -0.39 is 0 Å². The van der Waals surface area contributed by atoms with E-state index >= 15 is 0 Å². The monoisotopic (exact) mass is 181 g/mol. The van der Waals surface area contributed by atoms with E-state index in [2.05, 4.69) is 0 Å². The van der Waals surface area contributed by atoms with Crippen LogP contribution >= 0.6 is 0 Å². The summed E-state index contributed by atoms with van der Waals surface area (Å²) in [7, 11) is 0. The van der Waals surface area contributed by atoms with Gasteiger partial charge in [-0.15, -0.1) is 0 Å². The molecule has 2 rings (SSSR count). The van der Waals surface area contributed by atoms with Gasteiger partial charge in [-0.05, 0) is 12.8 Å². The van der Waals surface area contributed by atoms with Crippen molar-refractivity contribution in [1.82, 2.24) is 4.90 Å². The minimum absolute atomic E-state index is 0.189. The molecule has 2 nitrogen and oxygen atoms in total. The van der Waals surface area contributed by atoms with Crippen molar-refractivity contribution in [1.29, 1.82) is 0 Å². The molecule has 0 N–H and O–H groups in total. The van der Waals surface area contributed by atoms with Gasteiger partial charge in [-0.3, -0.25) is 4.79 Å². The van der Waals surface area contributed by atoms with Gasteiger partial charge in [-0.25, -0.2) is 0 Å². The number of hydrogen-bond acceptors (Lipinski definition) is 1. The molecule has 0 radical (unpaired) electrons. The van der Waals surface area contributed by atoms with Gasteiger partial charge in [0.15, 0.2) is 0 Å². The smallest absolute Gasteiger partial charge is 0.227 e. The number of likely N-dealkylation sites (tertiary alicyclic amines) is 1. The fourth-order valence-corrected chi connectivity index (χ4v) is 2.37. The fraction of sp³-hybridized carbons (Fsp3) is 0.909. The number of rotatable bonds is 0. The molecule has 1 saturated carbocycles. The highest BCUT2D eigenvalue weighted by molar-refractivity contribution is 5.82. The summed E-state index contributed by atoms with van der Waals surface area (Å²) in [6.45, 7) is 8.06. The Morgan fingerprint density at radius 2 is 1.77 bits per heavy atom. The Morgan fingerprint density at radius 1 is 1.23 bits per heavy atom. The van der Waals surface area contributed by atoms with E-state index in [4.69, 9.17) is 0 Å². The Balaban J connectivity index is 1.89. The van der Waals surface area contributed by atoms with Crippen LogP contribution in [0.3, 0.4) is 0 Å². The van der Waals surface area contributed by atoms with Gasteiger partial charge in [-0.1, -0.05) is 27.2 Å². The predicted molar refractivity (Wildman–Crippen MR) is 52.3 cm³/mol. The number of carbonyl (C=O) groups excluding carboxylic acids is 1. The molecule has 0 atom stereocenters. The maximum absolute atomic E-state index is 11.8. The quantitative estimate of drug-likeness (QED) is 0.560. The van der Waals surface area contributed by atoms with Crippen molar-refractivity contribution >= 4 is 5.91 Å². The number of nitrogens with zero attached hydrogens (tertiary/aromatic N) is 1. The first kappa shape index (κ1) is 9.04. The normalized spacial score (nSPS) is 25.3. The Bertz CT molecular complexity index is 227. The third-order valence-corrected chi connectivity index (χ3v) is 3.40. The second-order valence-electron chi connectivity index (χ2n) is 5.76. The van der Waals surface area contributed by atoms with Crippen molar-refractivity contribution in [2.45, 2.75) is 40.0 Å². The Morgan fingerprint density at radius 3 is 2.08 bits per heavy atom. The van der Waals surface area contributed by atoms with Crippen LogP contribution in [0.2, 0.25) is 0 Å². The summed E-state index contributed by atoms with van der Waals surface area (Å²) in [6.07, 6.45) is 4.07. The molecule has 2 heteroatoms. The van der Waals surface area contributed by atoms with E-state index in [9.17, 15) is 4.79 Å². The summed E-state index contributed by atoms with van der Waals surface area (Å²) in [5.41, 5.74) is 0.381. The summed E-state index contributed by atoms with van der Waals surface area (Å²) < 4.78 is 0. The molecule has 0 bridgehead atoms. The lowest BCUT2D eigenvalue weighted by Crippen LogP contribution is -2.63. The fourth-order valence-electron chi connectivity index (χ4n) is 2.37. The zero-order chi connectivity index (χ0) is 9.69. The van der Waals surface area contributed by atoms with Crippen LogP contribution < -0.4 is 0 Å². The largest absolute Gasteiger partial charge is 0.341 e. The molecule has 1 saturated heterocycles. The Labute approximate surface area is 80.3 Å². The highest BCUT2D eigenvalue weighted by atomic mass is 16.2. The van der Waals surface area contributed by atoms with Gasteiger partial charge in [0.05, 0.1) is 0 Å². The van der Waals surface area contributed by atoms with E-state index in [-0.39, 0.29) is 5.41 Å². The molecule has 1 heterocycles. The van der Waals surface area contributed by atoms with Gasteiger partial charge in [0.25, 0.3) is 0 Å². The summed E-state index contributed by atoms with van der Waals surface area (Å²) in [5, 5.41) is 0. The Hall–Kier alpha value is -0.530. The van der Waals surface area contributed by atoms with Gasteiger partial charge >= 0.3 is 0 Å². The van der Waals surface area contributed by atoms with Gasteiger partial charge in [0, 0.05) is 23.9 Å². The molecule has 1 amide bonds. The first-order chi connectivity index (χ1) is 5.93. The molecule has 0 unspecified atom stereocenters. The standard InChI is InChI=1S/C11H19NO/c1-10(2,3)9(13)12-7-11(8-12)5-4-6-11/h4-8H2,1-3H3. The highest BCUT2D eigenvalue weighted by Gasteiger charge is 2.50. The van der Waals surface area contributed by atoms with Crippen molar-refractivity contribution in [3.63, 3.8) is 0 Å². The minimum Gasteiger partial charge on any atom is -0.341 e. The second-order valence-corrected chi connectivity index (χ2v) is 5.76. The first-order valence-electron chi connectivity index (χ1n) is 5.22. The van der Waals surface area contributed by atoms with Crippen molar-refractivity contribution in [2.75, 3.05) is 13.1 Å². The zero-order valence-electron chi connectivity index (χ0n) is 8.89. The molecule has 1 spiro atoms. The summed E-state index contributed by atoms with van der Waals surface area (Å²) in [4.78, 5) is 13.8. The second kappa shape index (κ2) is 2.49.